The second-order valence-electron chi connectivity index (χ2n) is 5.47. The molecule has 0 radical (unpaired) electrons. The first kappa shape index (κ1) is 17.6. The lowest BCUT2D eigenvalue weighted by molar-refractivity contribution is -0.116. The number of anilines is 1. The number of hydrogen-bond donors (Lipinski definition) is 0. The average molecular weight is 379 g/mol. The van der Waals surface area contributed by atoms with Crippen molar-refractivity contribution < 1.29 is 14.3 Å². The molecule has 1 amide bonds. The van der Waals surface area contributed by atoms with Crippen molar-refractivity contribution in [1.29, 1.82) is 0 Å². The van der Waals surface area contributed by atoms with Crippen LogP contribution in [0.2, 0.25) is 10.0 Å². The number of halogens is 2. The van der Waals surface area contributed by atoms with Gasteiger partial charge in [0.15, 0.2) is 11.5 Å². The fourth-order valence-corrected chi connectivity index (χ4v) is 3.00. The Morgan fingerprint density at radius 2 is 1.72 bits per heavy atom. The lowest BCUT2D eigenvalue weighted by Crippen LogP contribution is -2.27. The van der Waals surface area contributed by atoms with E-state index in [9.17, 15) is 4.79 Å². The highest BCUT2D eigenvalue weighted by Crippen LogP contribution is 2.37. The Morgan fingerprint density at radius 1 is 1.04 bits per heavy atom. The quantitative estimate of drug-likeness (QED) is 0.815. The minimum atomic E-state index is -0.122. The van der Waals surface area contributed by atoms with Crippen LogP contribution in [0.15, 0.2) is 35.3 Å². The van der Waals surface area contributed by atoms with E-state index in [-0.39, 0.29) is 12.5 Å². The van der Waals surface area contributed by atoms with Crippen LogP contribution in [0.5, 0.6) is 11.5 Å². The average Bonchev–Trinajstić information content (AvgIpc) is 2.74. The van der Waals surface area contributed by atoms with Crippen LogP contribution in [-0.4, -0.2) is 39.4 Å². The van der Waals surface area contributed by atoms with Crippen molar-refractivity contribution in [2.75, 3.05) is 32.7 Å². The Balaban J connectivity index is 2.25. The molecular weight excluding hydrogens is 363 g/mol. The molecule has 7 heteroatoms. The molecular formula is C18H16Cl2N2O3. The van der Waals surface area contributed by atoms with E-state index in [1.165, 1.54) is 0 Å². The molecule has 0 N–H and O–H groups in total. The highest BCUT2D eigenvalue weighted by atomic mass is 35.5. The molecule has 1 aliphatic heterocycles. The van der Waals surface area contributed by atoms with E-state index in [1.54, 1.807) is 44.4 Å². The van der Waals surface area contributed by atoms with Crippen molar-refractivity contribution in [3.05, 3.63) is 51.5 Å². The molecule has 2 aromatic rings. The number of carbonyl (C=O) groups is 1. The van der Waals surface area contributed by atoms with Crippen molar-refractivity contribution in [2.24, 2.45) is 4.99 Å². The van der Waals surface area contributed by atoms with Gasteiger partial charge in [0.05, 0.1) is 35.7 Å². The summed E-state index contributed by atoms with van der Waals surface area (Å²) in [5.41, 5.74) is 2.85. The lowest BCUT2D eigenvalue weighted by Gasteiger charge is -2.20. The number of benzene rings is 2. The summed E-state index contributed by atoms with van der Waals surface area (Å²) in [5, 5.41) is 0.883. The third-order valence-electron chi connectivity index (χ3n) is 4.06. The zero-order valence-corrected chi connectivity index (χ0v) is 15.5. The SMILES string of the molecule is COc1cc2c(cc1OC)N(C)C(=O)CN=C2c1ccc(Cl)c(Cl)c1. The highest BCUT2D eigenvalue weighted by Gasteiger charge is 2.25. The van der Waals surface area contributed by atoms with Gasteiger partial charge < -0.3 is 14.4 Å². The largest absolute Gasteiger partial charge is 0.493 e. The van der Waals surface area contributed by atoms with Crippen LogP contribution < -0.4 is 14.4 Å². The van der Waals surface area contributed by atoms with Gasteiger partial charge in [-0.05, 0) is 18.2 Å². The van der Waals surface area contributed by atoms with Gasteiger partial charge >= 0.3 is 0 Å². The number of hydrogen-bond acceptors (Lipinski definition) is 4. The van der Waals surface area contributed by atoms with Crippen molar-refractivity contribution in [1.82, 2.24) is 0 Å². The zero-order valence-electron chi connectivity index (χ0n) is 14.0. The third kappa shape index (κ3) is 3.17. The van der Waals surface area contributed by atoms with Crippen LogP contribution in [0.4, 0.5) is 5.69 Å². The Morgan fingerprint density at radius 3 is 2.36 bits per heavy atom. The van der Waals surface area contributed by atoms with E-state index in [4.69, 9.17) is 32.7 Å². The van der Waals surface area contributed by atoms with E-state index >= 15 is 0 Å². The first-order valence-corrected chi connectivity index (χ1v) is 8.24. The standard InChI is InChI=1S/C18H16Cl2N2O3/c1-22-14-8-16(25-3)15(24-2)7-11(14)18(21-9-17(22)23)10-4-5-12(19)13(20)6-10/h4-8H,9H2,1-3H3. The first-order valence-electron chi connectivity index (χ1n) is 7.49. The van der Waals surface area contributed by atoms with E-state index in [0.29, 0.717) is 32.9 Å². The Bertz CT molecular complexity index is 881. The van der Waals surface area contributed by atoms with Gasteiger partial charge in [0.25, 0.3) is 0 Å². The molecule has 0 unspecified atom stereocenters. The van der Waals surface area contributed by atoms with Gasteiger partial charge in [-0.3, -0.25) is 9.79 Å². The second kappa shape index (κ2) is 6.94. The number of carbonyl (C=O) groups excluding carboxylic acids is 1. The van der Waals surface area contributed by atoms with E-state index in [2.05, 4.69) is 4.99 Å². The molecule has 0 spiro atoms. The molecule has 130 valence electrons. The summed E-state index contributed by atoms with van der Waals surface area (Å²) in [7, 11) is 4.82. The summed E-state index contributed by atoms with van der Waals surface area (Å²) < 4.78 is 10.8. The van der Waals surface area contributed by atoms with Crippen molar-refractivity contribution in [2.45, 2.75) is 0 Å². The topological polar surface area (TPSA) is 51.1 Å². The van der Waals surface area contributed by atoms with Gasteiger partial charge in [0.1, 0.15) is 6.54 Å². The normalized spacial score (nSPS) is 13.9. The molecule has 25 heavy (non-hydrogen) atoms. The van der Waals surface area contributed by atoms with Crippen LogP contribution in [0, 0.1) is 0 Å². The molecule has 0 fully saturated rings. The molecule has 0 aromatic heterocycles. The number of fused-ring (bicyclic) bond motifs is 1. The molecule has 3 rings (SSSR count). The summed E-state index contributed by atoms with van der Waals surface area (Å²) >= 11 is 12.2. The monoisotopic (exact) mass is 378 g/mol. The molecule has 0 bridgehead atoms. The molecule has 1 heterocycles. The smallest absolute Gasteiger partial charge is 0.248 e. The van der Waals surface area contributed by atoms with Gasteiger partial charge in [-0.1, -0.05) is 29.3 Å². The number of amides is 1. The number of ether oxygens (including phenoxy) is 2. The minimum absolute atomic E-state index is 0.0331. The van der Waals surface area contributed by atoms with Crippen LogP contribution >= 0.6 is 23.2 Å². The zero-order chi connectivity index (χ0) is 18.1. The molecule has 0 aliphatic carbocycles. The molecule has 0 atom stereocenters. The summed E-state index contributed by atoms with van der Waals surface area (Å²) in [6.07, 6.45) is 0. The maximum absolute atomic E-state index is 12.3. The van der Waals surface area contributed by atoms with Gasteiger partial charge in [0.2, 0.25) is 5.91 Å². The van der Waals surface area contributed by atoms with E-state index in [0.717, 1.165) is 11.1 Å². The van der Waals surface area contributed by atoms with Crippen LogP contribution in [0.25, 0.3) is 0 Å². The number of benzodiazepines with no additional fused rings is 1. The van der Waals surface area contributed by atoms with Gasteiger partial charge in [-0.15, -0.1) is 0 Å². The summed E-state index contributed by atoms with van der Waals surface area (Å²) in [4.78, 5) is 18.4. The van der Waals surface area contributed by atoms with Gasteiger partial charge in [-0.2, -0.15) is 0 Å². The molecule has 0 saturated carbocycles. The van der Waals surface area contributed by atoms with Crippen LogP contribution in [0.1, 0.15) is 11.1 Å². The second-order valence-corrected chi connectivity index (χ2v) is 6.29. The summed E-state index contributed by atoms with van der Waals surface area (Å²) in [6.45, 7) is 0.0331. The predicted molar refractivity (Wildman–Crippen MR) is 99.9 cm³/mol. The van der Waals surface area contributed by atoms with E-state index in [1.807, 2.05) is 12.1 Å². The number of methoxy groups -OCH3 is 2. The number of rotatable bonds is 3. The maximum Gasteiger partial charge on any atom is 0.248 e. The fraction of sp³-hybridized carbons (Fsp3) is 0.222. The van der Waals surface area contributed by atoms with Gasteiger partial charge in [-0.25, -0.2) is 0 Å². The number of likely N-dealkylation sites (N-methyl/N-ethyl adjacent to an activating group) is 1. The third-order valence-corrected chi connectivity index (χ3v) is 4.80. The van der Waals surface area contributed by atoms with E-state index < -0.39 is 0 Å². The van der Waals surface area contributed by atoms with Crippen LogP contribution in [-0.2, 0) is 4.79 Å². The summed E-state index contributed by atoms with van der Waals surface area (Å²) in [5.74, 6) is 0.969. The van der Waals surface area contributed by atoms with Gasteiger partial charge in [0, 0.05) is 24.2 Å². The Labute approximate surface area is 155 Å². The molecule has 0 saturated heterocycles. The summed E-state index contributed by atoms with van der Waals surface area (Å²) in [6, 6.07) is 8.84. The molecule has 2 aromatic carbocycles. The van der Waals surface area contributed by atoms with Crippen molar-refractivity contribution in [3.8, 4) is 11.5 Å². The number of nitrogens with zero attached hydrogens (tertiary/aromatic N) is 2. The molecule has 5 nitrogen and oxygen atoms in total. The Kier molecular flexibility index (Phi) is 4.88. The fourth-order valence-electron chi connectivity index (χ4n) is 2.70. The van der Waals surface area contributed by atoms with Crippen molar-refractivity contribution >= 4 is 40.5 Å². The van der Waals surface area contributed by atoms with Crippen LogP contribution in [0.3, 0.4) is 0 Å². The highest BCUT2D eigenvalue weighted by molar-refractivity contribution is 6.42. The maximum atomic E-state index is 12.3. The minimum Gasteiger partial charge on any atom is -0.493 e. The predicted octanol–water partition coefficient (Wildman–Crippen LogP) is 3.82. The molecule has 1 aliphatic rings. The first-order chi connectivity index (χ1) is 12.0. The Hall–Kier alpha value is -2.24. The lowest BCUT2D eigenvalue weighted by atomic mass is 9.99. The number of aliphatic imine (C=N–C) groups is 1. The van der Waals surface area contributed by atoms with Crippen molar-refractivity contribution in [3.63, 3.8) is 0 Å².